The van der Waals surface area contributed by atoms with E-state index in [0.29, 0.717) is 5.13 Å². The van der Waals surface area contributed by atoms with Crippen LogP contribution >= 0.6 is 35.3 Å². The highest BCUT2D eigenvalue weighted by atomic mass is 35.5. The Morgan fingerprint density at radius 2 is 2.26 bits per heavy atom. The minimum absolute atomic E-state index is 0. The number of nitrogen functional groups attached to an aromatic ring is 1. The molecule has 2 aromatic rings. The number of nitrogens with zero attached hydrogens (tertiary/aromatic N) is 2. The number of hydrogen-bond donors (Lipinski definition) is 1. The molecule has 6 heteroatoms. The second-order valence-electron chi connectivity index (χ2n) is 4.50. The monoisotopic (exact) mass is 315 g/mol. The molecule has 0 bridgehead atoms. The summed E-state index contributed by atoms with van der Waals surface area (Å²) in [5, 5.41) is 1.54. The summed E-state index contributed by atoms with van der Waals surface area (Å²) in [4.78, 5) is 7.72. The summed E-state index contributed by atoms with van der Waals surface area (Å²) in [5.41, 5.74) is 8.30. The lowest BCUT2D eigenvalue weighted by molar-refractivity contribution is 0.247. The normalized spacial score (nSPS) is 14.8. The van der Waals surface area contributed by atoms with E-state index in [9.17, 15) is 0 Å². The Balaban J connectivity index is 0.00000133. The summed E-state index contributed by atoms with van der Waals surface area (Å²) in [6.45, 7) is 2.91. The van der Waals surface area contributed by atoms with Gasteiger partial charge < -0.3 is 5.73 Å². The smallest absolute Gasteiger partial charge is 0.180 e. The van der Waals surface area contributed by atoms with E-state index < -0.39 is 0 Å². The van der Waals surface area contributed by atoms with Gasteiger partial charge in [-0.15, -0.1) is 23.7 Å². The van der Waals surface area contributed by atoms with Crippen LogP contribution < -0.4 is 5.73 Å². The first-order chi connectivity index (χ1) is 8.72. The first-order valence-corrected chi connectivity index (χ1v) is 7.10. The Morgan fingerprint density at radius 3 is 3.00 bits per heavy atom. The van der Waals surface area contributed by atoms with Crippen molar-refractivity contribution in [1.82, 2.24) is 9.88 Å². The zero-order valence-corrected chi connectivity index (χ0v) is 12.7. The lowest BCUT2D eigenvalue weighted by Gasteiger charge is -2.28. The van der Waals surface area contributed by atoms with Crippen molar-refractivity contribution in [2.45, 2.75) is 19.5 Å². The maximum Gasteiger partial charge on any atom is 0.180 e. The van der Waals surface area contributed by atoms with Crippen LogP contribution in [0, 0.1) is 0 Å². The zero-order valence-electron chi connectivity index (χ0n) is 10.3. The lowest BCUT2D eigenvalue weighted by atomic mass is 10.00. The van der Waals surface area contributed by atoms with Crippen LogP contribution in [-0.2, 0) is 19.5 Å². The number of halogens is 2. The molecule has 19 heavy (non-hydrogen) atoms. The van der Waals surface area contributed by atoms with Gasteiger partial charge in [0, 0.05) is 35.7 Å². The fraction of sp³-hybridized carbons (Fsp3) is 0.308. The van der Waals surface area contributed by atoms with E-state index in [1.807, 2.05) is 18.3 Å². The third kappa shape index (κ3) is 3.20. The van der Waals surface area contributed by atoms with Gasteiger partial charge in [-0.05, 0) is 23.6 Å². The topological polar surface area (TPSA) is 42.1 Å². The van der Waals surface area contributed by atoms with Crippen LogP contribution in [-0.4, -0.2) is 16.4 Å². The highest BCUT2D eigenvalue weighted by Gasteiger charge is 2.18. The molecule has 1 aliphatic rings. The lowest BCUT2D eigenvalue weighted by Crippen LogP contribution is -2.29. The molecule has 3 rings (SSSR count). The highest BCUT2D eigenvalue weighted by molar-refractivity contribution is 7.15. The van der Waals surface area contributed by atoms with E-state index in [1.54, 1.807) is 11.3 Å². The second kappa shape index (κ2) is 6.09. The van der Waals surface area contributed by atoms with E-state index in [-0.39, 0.29) is 12.4 Å². The van der Waals surface area contributed by atoms with E-state index >= 15 is 0 Å². The summed E-state index contributed by atoms with van der Waals surface area (Å²) in [6, 6.07) is 6.16. The third-order valence-corrected chi connectivity index (χ3v) is 4.40. The number of fused-ring (bicyclic) bond motifs is 1. The number of hydrogen-bond acceptors (Lipinski definition) is 4. The van der Waals surface area contributed by atoms with Crippen LogP contribution in [0.3, 0.4) is 0 Å². The average molecular weight is 316 g/mol. The van der Waals surface area contributed by atoms with Crippen molar-refractivity contribution in [2.75, 3.05) is 12.3 Å². The SMILES string of the molecule is Cl.Nc1ncc(CN2CCc3c(Cl)cccc3C2)s1. The predicted octanol–water partition coefficient (Wildman–Crippen LogP) is 3.36. The molecule has 0 spiro atoms. The van der Waals surface area contributed by atoms with Gasteiger partial charge in [0.25, 0.3) is 0 Å². The van der Waals surface area contributed by atoms with Gasteiger partial charge in [-0.3, -0.25) is 4.90 Å². The molecule has 0 saturated heterocycles. The number of thiazole rings is 1. The van der Waals surface area contributed by atoms with Gasteiger partial charge >= 0.3 is 0 Å². The molecule has 0 atom stereocenters. The van der Waals surface area contributed by atoms with Crippen LogP contribution in [0.25, 0.3) is 0 Å². The van der Waals surface area contributed by atoms with Gasteiger partial charge in [-0.1, -0.05) is 23.7 Å². The molecule has 0 radical (unpaired) electrons. The Labute approximate surface area is 127 Å². The Morgan fingerprint density at radius 1 is 1.42 bits per heavy atom. The number of rotatable bonds is 2. The molecule has 1 aromatic heterocycles. The van der Waals surface area contributed by atoms with Crippen LogP contribution in [0.2, 0.25) is 5.02 Å². The number of aromatic nitrogens is 1. The number of anilines is 1. The summed E-state index contributed by atoms with van der Waals surface area (Å²) >= 11 is 7.78. The fourth-order valence-corrected chi connectivity index (χ4v) is 3.39. The van der Waals surface area contributed by atoms with Gasteiger partial charge in [0.2, 0.25) is 0 Å². The summed E-state index contributed by atoms with van der Waals surface area (Å²) in [6.07, 6.45) is 2.89. The maximum absolute atomic E-state index is 6.21. The van der Waals surface area contributed by atoms with Crippen LogP contribution in [0.4, 0.5) is 5.13 Å². The standard InChI is InChI=1S/C13H14ClN3S.ClH/c14-12-3-1-2-9-7-17(5-4-11(9)12)8-10-6-16-13(15)18-10;/h1-3,6H,4-5,7-8H2,(H2,15,16);1H. The molecule has 1 aromatic carbocycles. The van der Waals surface area contributed by atoms with Crippen molar-refractivity contribution in [3.05, 3.63) is 45.4 Å². The van der Waals surface area contributed by atoms with Crippen LogP contribution in [0.1, 0.15) is 16.0 Å². The molecule has 102 valence electrons. The number of benzene rings is 1. The zero-order chi connectivity index (χ0) is 12.5. The summed E-state index contributed by atoms with van der Waals surface area (Å²) in [5.74, 6) is 0. The first kappa shape index (κ1) is 14.6. The molecule has 1 aliphatic heterocycles. The van der Waals surface area contributed by atoms with E-state index in [0.717, 1.165) is 31.1 Å². The van der Waals surface area contributed by atoms with Crippen molar-refractivity contribution in [3.8, 4) is 0 Å². The Kier molecular flexibility index (Phi) is 4.68. The maximum atomic E-state index is 6.21. The van der Waals surface area contributed by atoms with E-state index in [1.165, 1.54) is 16.0 Å². The molecule has 0 unspecified atom stereocenters. The van der Waals surface area contributed by atoms with Crippen molar-refractivity contribution in [2.24, 2.45) is 0 Å². The Bertz CT molecular complexity index is 571. The van der Waals surface area contributed by atoms with Crippen molar-refractivity contribution < 1.29 is 0 Å². The minimum Gasteiger partial charge on any atom is -0.375 e. The molecular weight excluding hydrogens is 301 g/mol. The van der Waals surface area contributed by atoms with Crippen molar-refractivity contribution in [1.29, 1.82) is 0 Å². The fourth-order valence-electron chi connectivity index (χ4n) is 2.37. The quantitative estimate of drug-likeness (QED) is 0.924. The third-order valence-electron chi connectivity index (χ3n) is 3.24. The van der Waals surface area contributed by atoms with Crippen LogP contribution in [0.15, 0.2) is 24.4 Å². The largest absolute Gasteiger partial charge is 0.375 e. The van der Waals surface area contributed by atoms with Crippen LogP contribution in [0.5, 0.6) is 0 Å². The first-order valence-electron chi connectivity index (χ1n) is 5.91. The van der Waals surface area contributed by atoms with Gasteiger partial charge in [0.1, 0.15) is 0 Å². The van der Waals surface area contributed by atoms with E-state index in [2.05, 4.69) is 16.0 Å². The average Bonchev–Trinajstić information content (AvgIpc) is 2.75. The Hall–Kier alpha value is -0.810. The molecule has 0 aliphatic carbocycles. The molecule has 0 fully saturated rings. The second-order valence-corrected chi connectivity index (χ2v) is 6.06. The van der Waals surface area contributed by atoms with Crippen molar-refractivity contribution in [3.63, 3.8) is 0 Å². The highest BCUT2D eigenvalue weighted by Crippen LogP contribution is 2.27. The molecule has 0 amide bonds. The number of nitrogens with two attached hydrogens (primary N) is 1. The summed E-state index contributed by atoms with van der Waals surface area (Å²) in [7, 11) is 0. The van der Waals surface area contributed by atoms with Crippen molar-refractivity contribution >= 4 is 40.5 Å². The van der Waals surface area contributed by atoms with Gasteiger partial charge in [-0.2, -0.15) is 0 Å². The molecule has 3 nitrogen and oxygen atoms in total. The molecular formula is C13H15Cl2N3S. The molecule has 0 saturated carbocycles. The van der Waals surface area contributed by atoms with Gasteiger partial charge in [0.15, 0.2) is 5.13 Å². The molecule has 2 heterocycles. The molecule has 2 N–H and O–H groups in total. The summed E-state index contributed by atoms with van der Waals surface area (Å²) < 4.78 is 0. The van der Waals surface area contributed by atoms with E-state index in [4.69, 9.17) is 17.3 Å². The van der Waals surface area contributed by atoms with Gasteiger partial charge in [-0.25, -0.2) is 4.98 Å². The van der Waals surface area contributed by atoms with Gasteiger partial charge in [0.05, 0.1) is 0 Å². The predicted molar refractivity (Wildman–Crippen MR) is 83.0 cm³/mol. The minimum atomic E-state index is 0.